The zero-order chi connectivity index (χ0) is 22.8. The van der Waals surface area contributed by atoms with Crippen molar-refractivity contribution in [2.75, 3.05) is 49.1 Å². The summed E-state index contributed by atoms with van der Waals surface area (Å²) >= 11 is 1.54. The standard InChI is InChI=1S/C22H25N7O3S/c30-20(26-14-12-25(13-15-26)18-5-7-19(8-6-18)29(31)32)17-4-3-11-28(16-17)22-24-23-21(33-22)27-9-1-2-10-27/h1-2,5-10,17H,3-4,11-16H2/t17-/m1/s1. The number of anilines is 2. The van der Waals surface area contributed by atoms with Crippen molar-refractivity contribution in [3.63, 3.8) is 0 Å². The van der Waals surface area contributed by atoms with Gasteiger partial charge in [-0.25, -0.2) is 0 Å². The molecule has 2 aliphatic rings. The van der Waals surface area contributed by atoms with Crippen molar-refractivity contribution >= 4 is 33.8 Å². The van der Waals surface area contributed by atoms with Crippen LogP contribution in [-0.2, 0) is 4.79 Å². The summed E-state index contributed by atoms with van der Waals surface area (Å²) in [7, 11) is 0. The Morgan fingerprint density at radius 1 is 0.970 bits per heavy atom. The average molecular weight is 468 g/mol. The first kappa shape index (κ1) is 21.4. The van der Waals surface area contributed by atoms with Crippen molar-refractivity contribution in [3.05, 3.63) is 58.9 Å². The second-order valence-corrected chi connectivity index (χ2v) is 9.26. The molecule has 0 spiro atoms. The minimum Gasteiger partial charge on any atom is -0.368 e. The lowest BCUT2D eigenvalue weighted by Gasteiger charge is -2.39. The molecule has 3 aromatic rings. The molecule has 2 fully saturated rings. The minimum absolute atomic E-state index is 0.0383. The van der Waals surface area contributed by atoms with E-state index >= 15 is 0 Å². The molecule has 4 heterocycles. The molecule has 2 saturated heterocycles. The smallest absolute Gasteiger partial charge is 0.269 e. The van der Waals surface area contributed by atoms with Gasteiger partial charge < -0.3 is 14.7 Å². The van der Waals surface area contributed by atoms with E-state index in [0.717, 1.165) is 48.4 Å². The van der Waals surface area contributed by atoms with E-state index in [9.17, 15) is 14.9 Å². The van der Waals surface area contributed by atoms with Crippen LogP contribution in [0.1, 0.15) is 12.8 Å². The van der Waals surface area contributed by atoms with Gasteiger partial charge in [0.25, 0.3) is 5.69 Å². The topological polar surface area (TPSA) is 101 Å². The SMILES string of the molecule is O=C([C@@H]1CCCN(c2nnc(-n3cccc3)s2)C1)N1CCN(c2ccc([N+](=O)[O-])cc2)CC1. The fourth-order valence-corrected chi connectivity index (χ4v) is 5.33. The molecular weight excluding hydrogens is 442 g/mol. The zero-order valence-electron chi connectivity index (χ0n) is 18.1. The number of rotatable bonds is 5. The van der Waals surface area contributed by atoms with Gasteiger partial charge in [0, 0.05) is 69.5 Å². The van der Waals surface area contributed by atoms with Crippen LogP contribution in [0.2, 0.25) is 0 Å². The number of non-ortho nitro benzene ring substituents is 1. The van der Waals surface area contributed by atoms with Gasteiger partial charge in [-0.2, -0.15) is 0 Å². The maximum absolute atomic E-state index is 13.3. The van der Waals surface area contributed by atoms with E-state index in [4.69, 9.17) is 0 Å². The Hall–Kier alpha value is -3.47. The number of carbonyl (C=O) groups excluding carboxylic acids is 1. The first-order valence-corrected chi connectivity index (χ1v) is 11.9. The summed E-state index contributed by atoms with van der Waals surface area (Å²) in [6.45, 7) is 4.30. The number of hydrogen-bond donors (Lipinski definition) is 0. The van der Waals surface area contributed by atoms with Crippen LogP contribution in [0, 0.1) is 16.0 Å². The van der Waals surface area contributed by atoms with E-state index < -0.39 is 4.92 Å². The molecular formula is C22H25N7O3S. The second-order valence-electron chi connectivity index (χ2n) is 8.33. The number of nitro benzene ring substituents is 1. The summed E-state index contributed by atoms with van der Waals surface area (Å²) in [6, 6.07) is 10.5. The highest BCUT2D eigenvalue weighted by atomic mass is 32.1. The Morgan fingerprint density at radius 3 is 2.36 bits per heavy atom. The third-order valence-corrected chi connectivity index (χ3v) is 7.28. The van der Waals surface area contributed by atoms with E-state index in [-0.39, 0.29) is 17.5 Å². The molecule has 172 valence electrons. The Morgan fingerprint density at radius 2 is 1.67 bits per heavy atom. The number of hydrogen-bond acceptors (Lipinski definition) is 8. The Balaban J connectivity index is 1.17. The molecule has 2 aromatic heterocycles. The Bertz CT molecular complexity index is 1110. The van der Waals surface area contributed by atoms with Crippen molar-refractivity contribution in [1.29, 1.82) is 0 Å². The number of aromatic nitrogens is 3. The van der Waals surface area contributed by atoms with E-state index in [1.807, 2.05) is 34.0 Å². The van der Waals surface area contributed by atoms with Gasteiger partial charge in [0.2, 0.25) is 16.2 Å². The number of piperazine rings is 1. The maximum Gasteiger partial charge on any atom is 0.269 e. The van der Waals surface area contributed by atoms with Crippen molar-refractivity contribution < 1.29 is 9.72 Å². The van der Waals surface area contributed by atoms with Crippen molar-refractivity contribution in [2.45, 2.75) is 12.8 Å². The summed E-state index contributed by atoms with van der Waals surface area (Å²) in [5.41, 5.74) is 1.04. The molecule has 0 radical (unpaired) electrons. The van der Waals surface area contributed by atoms with Crippen LogP contribution < -0.4 is 9.80 Å². The number of piperidine rings is 1. The quantitative estimate of drug-likeness (QED) is 0.420. The molecule has 0 unspecified atom stereocenters. The largest absolute Gasteiger partial charge is 0.368 e. The molecule has 1 amide bonds. The second kappa shape index (κ2) is 9.18. The average Bonchev–Trinajstić information content (AvgIpc) is 3.56. The fraction of sp³-hybridized carbons (Fsp3) is 0.409. The molecule has 2 aliphatic heterocycles. The molecule has 10 nitrogen and oxygen atoms in total. The third-order valence-electron chi connectivity index (χ3n) is 6.29. The lowest BCUT2D eigenvalue weighted by molar-refractivity contribution is -0.384. The van der Waals surface area contributed by atoms with Crippen LogP contribution in [0.5, 0.6) is 0 Å². The maximum atomic E-state index is 13.3. The summed E-state index contributed by atoms with van der Waals surface area (Å²) in [4.78, 5) is 30.0. The monoisotopic (exact) mass is 467 g/mol. The lowest BCUT2D eigenvalue weighted by Crippen LogP contribution is -2.52. The van der Waals surface area contributed by atoms with E-state index in [0.29, 0.717) is 19.6 Å². The van der Waals surface area contributed by atoms with Crippen LogP contribution in [-0.4, -0.2) is 69.8 Å². The fourth-order valence-electron chi connectivity index (χ4n) is 4.48. The molecule has 1 aromatic carbocycles. The summed E-state index contributed by atoms with van der Waals surface area (Å²) in [6.07, 6.45) is 5.74. The van der Waals surface area contributed by atoms with E-state index in [2.05, 4.69) is 20.0 Å². The van der Waals surface area contributed by atoms with Gasteiger partial charge in [0.15, 0.2) is 0 Å². The summed E-state index contributed by atoms with van der Waals surface area (Å²) < 4.78 is 1.94. The zero-order valence-corrected chi connectivity index (χ0v) is 18.9. The molecule has 33 heavy (non-hydrogen) atoms. The number of nitro groups is 1. The van der Waals surface area contributed by atoms with Crippen LogP contribution in [0.3, 0.4) is 0 Å². The van der Waals surface area contributed by atoms with Gasteiger partial charge in [0.05, 0.1) is 10.8 Å². The number of benzene rings is 1. The normalized spacial score (nSPS) is 19.0. The van der Waals surface area contributed by atoms with Gasteiger partial charge in [-0.05, 0) is 37.1 Å². The van der Waals surface area contributed by atoms with Gasteiger partial charge >= 0.3 is 0 Å². The van der Waals surface area contributed by atoms with Crippen molar-refractivity contribution in [3.8, 4) is 5.13 Å². The van der Waals surface area contributed by atoms with Crippen LogP contribution in [0.25, 0.3) is 5.13 Å². The molecule has 0 aliphatic carbocycles. The Labute approximate surface area is 195 Å². The first-order valence-electron chi connectivity index (χ1n) is 11.1. The minimum atomic E-state index is -0.392. The molecule has 0 saturated carbocycles. The predicted octanol–water partition coefficient (Wildman–Crippen LogP) is 2.80. The number of nitrogens with zero attached hydrogens (tertiary/aromatic N) is 7. The van der Waals surface area contributed by atoms with Gasteiger partial charge in [-0.3, -0.25) is 19.5 Å². The highest BCUT2D eigenvalue weighted by molar-refractivity contribution is 7.17. The third kappa shape index (κ3) is 4.54. The Kier molecular flexibility index (Phi) is 5.95. The van der Waals surface area contributed by atoms with E-state index in [1.165, 1.54) is 12.1 Å². The molecule has 11 heteroatoms. The molecule has 5 rings (SSSR count). The van der Waals surface area contributed by atoms with Gasteiger partial charge in [-0.15, -0.1) is 10.2 Å². The molecule has 0 N–H and O–H groups in total. The highest BCUT2D eigenvalue weighted by Crippen LogP contribution is 2.29. The van der Waals surface area contributed by atoms with E-state index in [1.54, 1.807) is 23.5 Å². The highest BCUT2D eigenvalue weighted by Gasteiger charge is 2.32. The van der Waals surface area contributed by atoms with Crippen LogP contribution in [0.4, 0.5) is 16.5 Å². The molecule has 0 bridgehead atoms. The lowest BCUT2D eigenvalue weighted by atomic mass is 9.96. The van der Waals surface area contributed by atoms with Crippen LogP contribution in [0.15, 0.2) is 48.8 Å². The van der Waals surface area contributed by atoms with Crippen molar-refractivity contribution in [2.24, 2.45) is 5.92 Å². The number of carbonyl (C=O) groups is 1. The summed E-state index contributed by atoms with van der Waals surface area (Å²) in [5, 5.41) is 21.2. The first-order chi connectivity index (χ1) is 16.1. The summed E-state index contributed by atoms with van der Waals surface area (Å²) in [5.74, 6) is 0.168. The van der Waals surface area contributed by atoms with Gasteiger partial charge in [-0.1, -0.05) is 11.3 Å². The van der Waals surface area contributed by atoms with Crippen molar-refractivity contribution in [1.82, 2.24) is 19.7 Å². The molecule has 1 atom stereocenters. The number of amides is 1. The van der Waals surface area contributed by atoms with Crippen LogP contribution >= 0.6 is 11.3 Å². The van der Waals surface area contributed by atoms with Gasteiger partial charge in [0.1, 0.15) is 0 Å². The predicted molar refractivity (Wildman–Crippen MR) is 126 cm³/mol.